The van der Waals surface area contributed by atoms with Gasteiger partial charge in [-0.05, 0) is 43.5 Å². The molecule has 1 aromatic rings. The number of hydrogen-bond acceptors (Lipinski definition) is 2. The van der Waals surface area contributed by atoms with Gasteiger partial charge in [-0.2, -0.15) is 0 Å². The molecule has 108 valence electrons. The van der Waals surface area contributed by atoms with Crippen LogP contribution in [0.2, 0.25) is 5.02 Å². The maximum absolute atomic E-state index is 13.2. The number of hydrogen-bond donors (Lipinski definition) is 1. The number of rotatable bonds is 7. The molecular weight excluding hydrogens is 267 g/mol. The quantitative estimate of drug-likeness (QED) is 0.822. The van der Waals surface area contributed by atoms with Crippen molar-refractivity contribution in [2.75, 3.05) is 6.61 Å². The third kappa shape index (κ3) is 3.91. The van der Waals surface area contributed by atoms with Gasteiger partial charge in [0.15, 0.2) is 0 Å². The second-order valence-corrected chi connectivity index (χ2v) is 5.07. The highest BCUT2D eigenvalue weighted by molar-refractivity contribution is 6.31. The van der Waals surface area contributed by atoms with Crippen molar-refractivity contribution in [2.24, 2.45) is 0 Å². The van der Waals surface area contributed by atoms with E-state index < -0.39 is 11.7 Å². The molecule has 0 aliphatic rings. The lowest BCUT2D eigenvalue weighted by Crippen LogP contribution is -2.45. The van der Waals surface area contributed by atoms with Crippen molar-refractivity contribution in [3.05, 3.63) is 34.6 Å². The first-order valence-electron chi connectivity index (χ1n) is 6.75. The second kappa shape index (κ2) is 7.22. The number of aliphatic hydroxyl groups is 1. The molecule has 1 atom stereocenters. The topological polar surface area (TPSA) is 29.5 Å². The summed E-state index contributed by atoms with van der Waals surface area (Å²) in [7, 11) is 0. The average Bonchev–Trinajstić information content (AvgIpc) is 2.40. The molecule has 1 aromatic carbocycles. The molecule has 0 aliphatic heterocycles. The third-order valence-electron chi connectivity index (χ3n) is 3.66. The molecule has 2 nitrogen and oxygen atoms in total. The molecule has 0 fully saturated rings. The minimum absolute atomic E-state index is 0.290. The fraction of sp³-hybridized carbons (Fsp3) is 0.600. The minimum Gasteiger partial charge on any atom is -0.390 e. The molecule has 0 bridgehead atoms. The van der Waals surface area contributed by atoms with Crippen molar-refractivity contribution in [1.82, 2.24) is 0 Å². The molecular formula is C15H22ClFO2. The van der Waals surface area contributed by atoms with E-state index in [1.54, 1.807) is 0 Å². The summed E-state index contributed by atoms with van der Waals surface area (Å²) in [4.78, 5) is 0. The Balaban J connectivity index is 2.92. The van der Waals surface area contributed by atoms with Crippen molar-refractivity contribution in [2.45, 2.75) is 51.7 Å². The van der Waals surface area contributed by atoms with Gasteiger partial charge in [0.05, 0.1) is 11.7 Å². The van der Waals surface area contributed by atoms with Crippen LogP contribution in [0.15, 0.2) is 18.2 Å². The number of aliphatic hydroxyl groups excluding tert-OH is 1. The second-order valence-electron chi connectivity index (χ2n) is 4.66. The Kier molecular flexibility index (Phi) is 6.24. The van der Waals surface area contributed by atoms with E-state index in [0.29, 0.717) is 30.0 Å². The molecule has 0 saturated carbocycles. The monoisotopic (exact) mass is 288 g/mol. The van der Waals surface area contributed by atoms with Crippen molar-refractivity contribution in [3.8, 4) is 0 Å². The SMILES string of the molecule is CCOC(CC)(CC)C(O)Cc1cc(F)ccc1Cl. The normalized spacial score (nSPS) is 13.6. The highest BCUT2D eigenvalue weighted by Gasteiger charge is 2.35. The van der Waals surface area contributed by atoms with Crippen LogP contribution in [0.1, 0.15) is 39.2 Å². The Labute approximate surface area is 119 Å². The summed E-state index contributed by atoms with van der Waals surface area (Å²) < 4.78 is 19.0. The van der Waals surface area contributed by atoms with E-state index in [4.69, 9.17) is 16.3 Å². The van der Waals surface area contributed by atoms with Gasteiger partial charge in [-0.1, -0.05) is 25.4 Å². The van der Waals surface area contributed by atoms with Crippen molar-refractivity contribution in [3.63, 3.8) is 0 Å². The summed E-state index contributed by atoms with van der Waals surface area (Å²) in [6.07, 6.45) is 0.983. The fourth-order valence-electron chi connectivity index (χ4n) is 2.40. The third-order valence-corrected chi connectivity index (χ3v) is 4.03. The molecule has 19 heavy (non-hydrogen) atoms. The molecule has 0 aromatic heterocycles. The zero-order valence-electron chi connectivity index (χ0n) is 11.7. The van der Waals surface area contributed by atoms with Gasteiger partial charge < -0.3 is 9.84 Å². The minimum atomic E-state index is -0.707. The molecule has 1 rings (SSSR count). The molecule has 0 aliphatic carbocycles. The van der Waals surface area contributed by atoms with Gasteiger partial charge >= 0.3 is 0 Å². The molecule has 0 heterocycles. The Morgan fingerprint density at radius 1 is 1.32 bits per heavy atom. The van der Waals surface area contributed by atoms with Gasteiger partial charge in [0.25, 0.3) is 0 Å². The van der Waals surface area contributed by atoms with Crippen LogP contribution in [-0.4, -0.2) is 23.4 Å². The zero-order chi connectivity index (χ0) is 14.5. The number of ether oxygens (including phenoxy) is 1. The Morgan fingerprint density at radius 3 is 2.47 bits per heavy atom. The molecule has 0 amide bonds. The van der Waals surface area contributed by atoms with Crippen LogP contribution in [-0.2, 0) is 11.2 Å². The van der Waals surface area contributed by atoms with Crippen molar-refractivity contribution >= 4 is 11.6 Å². The smallest absolute Gasteiger partial charge is 0.123 e. The van der Waals surface area contributed by atoms with E-state index in [9.17, 15) is 9.50 Å². The van der Waals surface area contributed by atoms with E-state index in [1.807, 2.05) is 20.8 Å². The first-order valence-corrected chi connectivity index (χ1v) is 7.12. The van der Waals surface area contributed by atoms with E-state index >= 15 is 0 Å². The van der Waals surface area contributed by atoms with E-state index in [0.717, 1.165) is 0 Å². The van der Waals surface area contributed by atoms with Crippen LogP contribution < -0.4 is 0 Å². The predicted molar refractivity (Wildman–Crippen MR) is 76.1 cm³/mol. The summed E-state index contributed by atoms with van der Waals surface area (Å²) in [5.41, 5.74) is 0.0184. The first kappa shape index (κ1) is 16.4. The lowest BCUT2D eigenvalue weighted by Gasteiger charge is -2.36. The fourth-order valence-corrected chi connectivity index (χ4v) is 2.60. The maximum Gasteiger partial charge on any atom is 0.123 e. The van der Waals surface area contributed by atoms with E-state index in [2.05, 4.69) is 0 Å². The number of benzene rings is 1. The number of halogens is 2. The van der Waals surface area contributed by atoms with E-state index in [1.165, 1.54) is 18.2 Å². The molecule has 0 spiro atoms. The largest absolute Gasteiger partial charge is 0.390 e. The van der Waals surface area contributed by atoms with Crippen LogP contribution in [0.5, 0.6) is 0 Å². The average molecular weight is 289 g/mol. The van der Waals surface area contributed by atoms with Gasteiger partial charge in [-0.3, -0.25) is 0 Å². The van der Waals surface area contributed by atoms with Gasteiger partial charge in [-0.25, -0.2) is 4.39 Å². The van der Waals surface area contributed by atoms with E-state index in [-0.39, 0.29) is 12.2 Å². The summed E-state index contributed by atoms with van der Waals surface area (Å²) >= 11 is 6.04. The van der Waals surface area contributed by atoms with Gasteiger partial charge in [0, 0.05) is 18.1 Å². The molecule has 0 saturated heterocycles. The zero-order valence-corrected chi connectivity index (χ0v) is 12.5. The summed E-state index contributed by atoms with van der Waals surface area (Å²) in [5, 5.41) is 10.9. The van der Waals surface area contributed by atoms with Crippen molar-refractivity contribution < 1.29 is 14.2 Å². The summed E-state index contributed by atoms with van der Waals surface area (Å²) in [5.74, 6) is -0.346. The predicted octanol–water partition coefficient (Wildman–Crippen LogP) is 3.98. The standard InChI is InChI=1S/C15H22ClFO2/c1-4-15(5-2,19-6-3)14(18)10-11-9-12(17)7-8-13(11)16/h7-9,14,18H,4-6,10H2,1-3H3. The summed E-state index contributed by atoms with van der Waals surface area (Å²) in [6, 6.07) is 4.19. The Bertz CT molecular complexity index is 405. The Morgan fingerprint density at radius 2 is 1.95 bits per heavy atom. The van der Waals surface area contributed by atoms with Gasteiger partial charge in [0.1, 0.15) is 5.82 Å². The maximum atomic E-state index is 13.2. The van der Waals surface area contributed by atoms with Gasteiger partial charge in [-0.15, -0.1) is 0 Å². The molecule has 0 radical (unpaired) electrons. The summed E-state index contributed by atoms with van der Waals surface area (Å²) in [6.45, 7) is 6.41. The van der Waals surface area contributed by atoms with Crippen LogP contribution in [0, 0.1) is 5.82 Å². The lowest BCUT2D eigenvalue weighted by atomic mass is 9.86. The highest BCUT2D eigenvalue weighted by atomic mass is 35.5. The first-order chi connectivity index (χ1) is 8.99. The van der Waals surface area contributed by atoms with Crippen LogP contribution in [0.3, 0.4) is 0 Å². The lowest BCUT2D eigenvalue weighted by molar-refractivity contribution is -0.124. The van der Waals surface area contributed by atoms with Crippen LogP contribution in [0.4, 0.5) is 4.39 Å². The highest BCUT2D eigenvalue weighted by Crippen LogP contribution is 2.29. The molecule has 1 unspecified atom stereocenters. The van der Waals surface area contributed by atoms with Crippen molar-refractivity contribution in [1.29, 1.82) is 0 Å². The molecule has 4 heteroatoms. The van der Waals surface area contributed by atoms with Crippen LogP contribution >= 0.6 is 11.6 Å². The Hall–Kier alpha value is -0.640. The van der Waals surface area contributed by atoms with Gasteiger partial charge in [0.2, 0.25) is 0 Å². The van der Waals surface area contributed by atoms with Crippen LogP contribution in [0.25, 0.3) is 0 Å². The molecule has 1 N–H and O–H groups in total.